The molecule has 1 atom stereocenters. The van der Waals surface area contributed by atoms with E-state index in [-0.39, 0.29) is 4.83 Å². The van der Waals surface area contributed by atoms with Gasteiger partial charge in [0.05, 0.1) is 4.83 Å². The highest BCUT2D eigenvalue weighted by atomic mass is 79.9. The molecule has 0 fully saturated rings. The summed E-state index contributed by atoms with van der Waals surface area (Å²) in [6.07, 6.45) is 1.08. The van der Waals surface area contributed by atoms with E-state index in [1.165, 1.54) is 15.3 Å². The van der Waals surface area contributed by atoms with Gasteiger partial charge in [0.1, 0.15) is 0 Å². The lowest BCUT2D eigenvalue weighted by Gasteiger charge is -2.10. The maximum Gasteiger partial charge on any atom is 0.0749 e. The maximum absolute atomic E-state index is 6.04. The first-order valence-corrected chi connectivity index (χ1v) is 8.19. The SMILES string of the molecule is CCc1ccc(C(Br)c2cc(Cl)ccc2Br)s1. The Bertz CT molecular complexity index is 522. The Balaban J connectivity index is 2.35. The van der Waals surface area contributed by atoms with Crippen LogP contribution in [0.25, 0.3) is 0 Å². The third-order valence-corrected chi connectivity index (χ3v) is 6.05. The molecule has 0 saturated carbocycles. The van der Waals surface area contributed by atoms with Crippen molar-refractivity contribution in [2.45, 2.75) is 18.2 Å². The van der Waals surface area contributed by atoms with E-state index >= 15 is 0 Å². The third kappa shape index (κ3) is 3.14. The zero-order valence-corrected chi connectivity index (χ0v) is 14.0. The Morgan fingerprint density at radius 1 is 1.29 bits per heavy atom. The van der Waals surface area contributed by atoms with Crippen LogP contribution in [-0.2, 0) is 6.42 Å². The number of rotatable bonds is 3. The number of hydrogen-bond donors (Lipinski definition) is 0. The number of halogens is 3. The lowest BCUT2D eigenvalue weighted by atomic mass is 10.1. The largest absolute Gasteiger partial charge is 0.144 e. The third-order valence-electron chi connectivity index (χ3n) is 2.51. The second kappa shape index (κ2) is 5.87. The normalized spacial score (nSPS) is 12.7. The van der Waals surface area contributed by atoms with Crippen LogP contribution in [0.5, 0.6) is 0 Å². The Hall–Kier alpha value is 0.170. The van der Waals surface area contributed by atoms with Crippen LogP contribution in [-0.4, -0.2) is 0 Å². The monoisotopic (exact) mass is 392 g/mol. The Labute approximate surface area is 127 Å². The van der Waals surface area contributed by atoms with Gasteiger partial charge in [-0.15, -0.1) is 11.3 Å². The fourth-order valence-electron chi connectivity index (χ4n) is 1.58. The number of hydrogen-bond acceptors (Lipinski definition) is 1. The first kappa shape index (κ1) is 13.6. The summed E-state index contributed by atoms with van der Waals surface area (Å²) in [7, 11) is 0. The molecular weight excluding hydrogens is 383 g/mol. The van der Waals surface area contributed by atoms with Crippen molar-refractivity contribution in [2.24, 2.45) is 0 Å². The van der Waals surface area contributed by atoms with Gasteiger partial charge < -0.3 is 0 Å². The fraction of sp³-hybridized carbons (Fsp3) is 0.231. The van der Waals surface area contributed by atoms with Gasteiger partial charge in [0.25, 0.3) is 0 Å². The van der Waals surface area contributed by atoms with Crippen LogP contribution in [0.2, 0.25) is 5.02 Å². The minimum absolute atomic E-state index is 0.195. The van der Waals surface area contributed by atoms with Crippen molar-refractivity contribution in [1.29, 1.82) is 0 Å². The molecule has 0 spiro atoms. The van der Waals surface area contributed by atoms with Gasteiger partial charge in [-0.2, -0.15) is 0 Å². The van der Waals surface area contributed by atoms with E-state index in [9.17, 15) is 0 Å². The van der Waals surface area contributed by atoms with Gasteiger partial charge in [-0.25, -0.2) is 0 Å². The summed E-state index contributed by atoms with van der Waals surface area (Å²) >= 11 is 15.2. The van der Waals surface area contributed by atoms with Crippen molar-refractivity contribution in [3.8, 4) is 0 Å². The van der Waals surface area contributed by atoms with E-state index in [0.29, 0.717) is 0 Å². The summed E-state index contributed by atoms with van der Waals surface area (Å²) in [5.41, 5.74) is 1.17. The molecule has 1 unspecified atom stereocenters. The Morgan fingerprint density at radius 2 is 2.06 bits per heavy atom. The van der Waals surface area contributed by atoms with Gasteiger partial charge in [0.15, 0.2) is 0 Å². The summed E-state index contributed by atoms with van der Waals surface area (Å²) in [6.45, 7) is 2.17. The topological polar surface area (TPSA) is 0 Å². The molecule has 0 bridgehead atoms. The second-order valence-corrected chi connectivity index (χ2v) is 7.09. The van der Waals surface area contributed by atoms with Crippen LogP contribution in [0.3, 0.4) is 0 Å². The average molecular weight is 395 g/mol. The molecule has 0 radical (unpaired) electrons. The van der Waals surface area contributed by atoms with Crippen LogP contribution >= 0.6 is 54.8 Å². The molecule has 0 saturated heterocycles. The van der Waals surface area contributed by atoms with Crippen molar-refractivity contribution in [2.75, 3.05) is 0 Å². The summed E-state index contributed by atoms with van der Waals surface area (Å²) in [5, 5.41) is 0.764. The van der Waals surface area contributed by atoms with Crippen molar-refractivity contribution in [1.82, 2.24) is 0 Å². The maximum atomic E-state index is 6.04. The quantitative estimate of drug-likeness (QED) is 0.543. The zero-order chi connectivity index (χ0) is 12.4. The highest BCUT2D eigenvalue weighted by Gasteiger charge is 2.15. The highest BCUT2D eigenvalue weighted by molar-refractivity contribution is 9.11. The summed E-state index contributed by atoms with van der Waals surface area (Å²) < 4.78 is 1.08. The number of thiophene rings is 1. The molecule has 17 heavy (non-hydrogen) atoms. The molecule has 0 amide bonds. The van der Waals surface area contributed by atoms with E-state index < -0.39 is 0 Å². The molecule has 1 aromatic heterocycles. The summed E-state index contributed by atoms with van der Waals surface area (Å²) in [4.78, 5) is 2.91. The fourth-order valence-corrected chi connectivity index (χ4v) is 4.31. The molecule has 0 aliphatic rings. The van der Waals surface area contributed by atoms with E-state index in [2.05, 4.69) is 50.9 Å². The molecule has 2 rings (SSSR count). The van der Waals surface area contributed by atoms with Crippen LogP contribution in [0.15, 0.2) is 34.8 Å². The van der Waals surface area contributed by atoms with Crippen LogP contribution in [0, 0.1) is 0 Å². The molecule has 0 aliphatic carbocycles. The van der Waals surface area contributed by atoms with Crippen LogP contribution in [0.4, 0.5) is 0 Å². The molecule has 4 heteroatoms. The number of alkyl halides is 1. The standard InChI is InChI=1S/C13H11Br2ClS/c1-2-9-4-6-12(17-9)13(15)10-7-8(16)3-5-11(10)14/h3-7,13H,2H2,1H3. The van der Waals surface area contributed by atoms with E-state index in [1.807, 2.05) is 29.5 Å². The molecule has 0 nitrogen and oxygen atoms in total. The van der Waals surface area contributed by atoms with Gasteiger partial charge in [-0.05, 0) is 42.3 Å². The number of benzene rings is 1. The average Bonchev–Trinajstić information content (AvgIpc) is 2.80. The first-order chi connectivity index (χ1) is 8.11. The van der Waals surface area contributed by atoms with E-state index in [4.69, 9.17) is 11.6 Å². The molecule has 1 heterocycles. The van der Waals surface area contributed by atoms with Crippen molar-refractivity contribution in [3.05, 3.63) is 55.1 Å². The van der Waals surface area contributed by atoms with Gasteiger partial charge >= 0.3 is 0 Å². The van der Waals surface area contributed by atoms with E-state index in [0.717, 1.165) is 15.9 Å². The van der Waals surface area contributed by atoms with Gasteiger partial charge in [-0.3, -0.25) is 0 Å². The minimum atomic E-state index is 0.195. The molecule has 0 aliphatic heterocycles. The second-order valence-electron chi connectivity index (χ2n) is 3.69. The predicted octanol–water partition coefficient (Wildman–Crippen LogP) is 6.21. The lowest BCUT2D eigenvalue weighted by molar-refractivity contribution is 1.19. The molecular formula is C13H11Br2ClS. The molecule has 90 valence electrons. The number of aryl methyl sites for hydroxylation is 1. The molecule has 1 aromatic carbocycles. The smallest absolute Gasteiger partial charge is 0.0749 e. The van der Waals surface area contributed by atoms with Crippen LogP contribution < -0.4 is 0 Å². The van der Waals surface area contributed by atoms with Crippen molar-refractivity contribution < 1.29 is 0 Å². The Morgan fingerprint density at radius 3 is 2.71 bits per heavy atom. The predicted molar refractivity (Wildman–Crippen MR) is 83.6 cm³/mol. The van der Waals surface area contributed by atoms with Crippen molar-refractivity contribution >= 4 is 54.8 Å². The van der Waals surface area contributed by atoms with E-state index in [1.54, 1.807) is 0 Å². The van der Waals surface area contributed by atoms with Crippen LogP contribution in [0.1, 0.15) is 27.1 Å². The Kier molecular flexibility index (Phi) is 4.70. The highest BCUT2D eigenvalue weighted by Crippen LogP contribution is 2.39. The zero-order valence-electron chi connectivity index (χ0n) is 9.21. The molecule has 0 N–H and O–H groups in total. The van der Waals surface area contributed by atoms with Gasteiger partial charge in [0.2, 0.25) is 0 Å². The summed E-state index contributed by atoms with van der Waals surface area (Å²) in [6, 6.07) is 10.2. The molecule has 2 aromatic rings. The summed E-state index contributed by atoms with van der Waals surface area (Å²) in [5.74, 6) is 0. The first-order valence-electron chi connectivity index (χ1n) is 5.29. The van der Waals surface area contributed by atoms with Gasteiger partial charge in [-0.1, -0.05) is 50.4 Å². The van der Waals surface area contributed by atoms with Gasteiger partial charge in [0, 0.05) is 19.2 Å². The van der Waals surface area contributed by atoms with Crippen molar-refractivity contribution in [3.63, 3.8) is 0 Å². The minimum Gasteiger partial charge on any atom is -0.144 e. The lowest BCUT2D eigenvalue weighted by Crippen LogP contribution is -1.91.